The van der Waals surface area contributed by atoms with E-state index in [9.17, 15) is 4.79 Å². The number of ether oxygens (including phenoxy) is 1. The number of carbonyl (C=O) groups is 1. The Hall–Kier alpha value is -3.74. The lowest BCUT2D eigenvalue weighted by atomic mass is 10.1. The van der Waals surface area contributed by atoms with Gasteiger partial charge in [0, 0.05) is 11.6 Å². The monoisotopic (exact) mass is 374 g/mol. The molecule has 0 fully saturated rings. The Balaban J connectivity index is 1.44. The van der Waals surface area contributed by atoms with E-state index in [1.807, 2.05) is 36.4 Å². The molecule has 4 rings (SSSR count). The molecular formula is C21H18N4O3. The number of aryl methyl sites for hydroxylation is 1. The number of nitrogens with zero attached hydrogens (tertiary/aromatic N) is 3. The molecule has 0 bridgehead atoms. The van der Waals surface area contributed by atoms with Crippen LogP contribution >= 0.6 is 0 Å². The highest BCUT2D eigenvalue weighted by molar-refractivity contribution is 5.93. The van der Waals surface area contributed by atoms with Crippen molar-refractivity contribution in [2.75, 3.05) is 5.32 Å². The molecule has 7 nitrogen and oxygen atoms in total. The van der Waals surface area contributed by atoms with Gasteiger partial charge in [-0.1, -0.05) is 17.3 Å². The minimum atomic E-state index is -0.691. The first kappa shape index (κ1) is 17.7. The molecule has 0 saturated carbocycles. The first-order chi connectivity index (χ1) is 13.6. The molecule has 0 unspecified atom stereocenters. The van der Waals surface area contributed by atoms with Crippen LogP contribution in [0, 0.1) is 6.92 Å². The number of aromatic nitrogens is 3. The second-order valence-corrected chi connectivity index (χ2v) is 6.34. The summed E-state index contributed by atoms with van der Waals surface area (Å²) >= 11 is 0. The fourth-order valence-corrected chi connectivity index (χ4v) is 2.71. The van der Waals surface area contributed by atoms with E-state index in [1.54, 1.807) is 38.2 Å². The first-order valence-electron chi connectivity index (χ1n) is 8.81. The highest BCUT2D eigenvalue weighted by atomic mass is 16.5. The van der Waals surface area contributed by atoms with Crippen molar-refractivity contribution >= 4 is 22.8 Å². The molecule has 0 saturated heterocycles. The number of hydrogen-bond donors (Lipinski definition) is 1. The van der Waals surface area contributed by atoms with E-state index in [0.29, 0.717) is 17.3 Å². The first-order valence-corrected chi connectivity index (χ1v) is 8.81. The molecule has 1 atom stereocenters. The van der Waals surface area contributed by atoms with E-state index in [4.69, 9.17) is 9.26 Å². The molecule has 1 N–H and O–H groups in total. The van der Waals surface area contributed by atoms with Crippen LogP contribution in [0.1, 0.15) is 12.7 Å². The smallest absolute Gasteiger partial charge is 0.266 e. The summed E-state index contributed by atoms with van der Waals surface area (Å²) in [5.41, 5.74) is 3.39. The average Bonchev–Trinajstić information content (AvgIpc) is 3.12. The van der Waals surface area contributed by atoms with E-state index < -0.39 is 6.10 Å². The molecule has 0 aliphatic heterocycles. The van der Waals surface area contributed by atoms with Crippen LogP contribution in [0.25, 0.3) is 22.3 Å². The highest BCUT2D eigenvalue weighted by Gasteiger charge is 2.16. The summed E-state index contributed by atoms with van der Waals surface area (Å²) in [6.45, 7) is 3.43. The second-order valence-electron chi connectivity index (χ2n) is 6.34. The Kier molecular flexibility index (Phi) is 4.72. The third kappa shape index (κ3) is 3.83. The third-order valence-electron chi connectivity index (χ3n) is 4.16. The standard InChI is InChI=1S/C21H18N4O3/c1-13-11-20(25-28-13)24-21(26)14(2)27-16-9-7-15(8-10-16)19-12-22-17-5-3-4-6-18(17)23-19/h3-12,14H,1-2H3,(H,24,25,26)/t14-/m1/s1. The topological polar surface area (TPSA) is 90.1 Å². The molecule has 0 radical (unpaired) electrons. The summed E-state index contributed by atoms with van der Waals surface area (Å²) in [4.78, 5) is 21.3. The molecule has 1 amide bonds. The maximum Gasteiger partial charge on any atom is 0.266 e. The normalized spacial score (nSPS) is 11.9. The Morgan fingerprint density at radius 3 is 2.57 bits per heavy atom. The summed E-state index contributed by atoms with van der Waals surface area (Å²) in [6.07, 6.45) is 1.05. The zero-order valence-corrected chi connectivity index (χ0v) is 15.4. The van der Waals surface area contributed by atoms with Crippen LogP contribution in [0.2, 0.25) is 0 Å². The largest absolute Gasteiger partial charge is 0.481 e. The van der Waals surface area contributed by atoms with Gasteiger partial charge in [-0.3, -0.25) is 9.78 Å². The molecule has 2 aromatic carbocycles. The van der Waals surface area contributed by atoms with E-state index >= 15 is 0 Å². The minimum Gasteiger partial charge on any atom is -0.481 e. The summed E-state index contributed by atoms with van der Waals surface area (Å²) in [7, 11) is 0. The highest BCUT2D eigenvalue weighted by Crippen LogP contribution is 2.23. The number of fused-ring (bicyclic) bond motifs is 1. The number of carbonyl (C=O) groups excluding carboxylic acids is 1. The van der Waals surface area contributed by atoms with Crippen molar-refractivity contribution in [3.8, 4) is 17.0 Å². The van der Waals surface area contributed by atoms with Crippen LogP contribution < -0.4 is 10.1 Å². The van der Waals surface area contributed by atoms with E-state index in [0.717, 1.165) is 22.3 Å². The van der Waals surface area contributed by atoms with Crippen LogP contribution in [0.4, 0.5) is 5.82 Å². The van der Waals surface area contributed by atoms with Gasteiger partial charge in [-0.25, -0.2) is 4.98 Å². The predicted molar refractivity (Wildman–Crippen MR) is 105 cm³/mol. The van der Waals surface area contributed by atoms with Gasteiger partial charge in [0.05, 0.1) is 22.9 Å². The molecule has 140 valence electrons. The van der Waals surface area contributed by atoms with Gasteiger partial charge in [-0.15, -0.1) is 0 Å². The summed E-state index contributed by atoms with van der Waals surface area (Å²) in [5.74, 6) is 1.26. The van der Waals surface area contributed by atoms with Crippen LogP contribution in [0.5, 0.6) is 5.75 Å². The molecule has 0 aliphatic carbocycles. The Labute approximate surface area is 161 Å². The second kappa shape index (κ2) is 7.48. The van der Waals surface area contributed by atoms with Crippen LogP contribution in [-0.2, 0) is 4.79 Å². The van der Waals surface area contributed by atoms with Gasteiger partial charge >= 0.3 is 0 Å². The number of benzene rings is 2. The lowest BCUT2D eigenvalue weighted by Crippen LogP contribution is -2.30. The average molecular weight is 374 g/mol. The van der Waals surface area contributed by atoms with Crippen LogP contribution in [0.15, 0.2) is 65.3 Å². The molecule has 0 aliphatic rings. The minimum absolute atomic E-state index is 0.308. The summed E-state index contributed by atoms with van der Waals surface area (Å²) < 4.78 is 10.6. The van der Waals surface area contributed by atoms with Gasteiger partial charge in [-0.2, -0.15) is 0 Å². The number of hydrogen-bond acceptors (Lipinski definition) is 6. The van der Waals surface area contributed by atoms with E-state index in [-0.39, 0.29) is 5.91 Å². The Morgan fingerprint density at radius 2 is 1.86 bits per heavy atom. The predicted octanol–water partition coefficient (Wildman–Crippen LogP) is 4.00. The summed E-state index contributed by atoms with van der Waals surface area (Å²) in [6, 6.07) is 16.8. The van der Waals surface area contributed by atoms with Crippen molar-refractivity contribution in [3.05, 3.63) is 66.6 Å². The van der Waals surface area contributed by atoms with Crippen molar-refractivity contribution in [2.45, 2.75) is 20.0 Å². The summed E-state index contributed by atoms with van der Waals surface area (Å²) in [5, 5.41) is 6.39. The molecular weight excluding hydrogens is 356 g/mol. The molecule has 2 aromatic heterocycles. The van der Waals surface area contributed by atoms with Crippen molar-refractivity contribution in [2.24, 2.45) is 0 Å². The van der Waals surface area contributed by atoms with Crippen molar-refractivity contribution in [1.82, 2.24) is 15.1 Å². The van der Waals surface area contributed by atoms with Crippen molar-refractivity contribution in [3.63, 3.8) is 0 Å². The van der Waals surface area contributed by atoms with Crippen LogP contribution in [0.3, 0.4) is 0 Å². The van der Waals surface area contributed by atoms with Gasteiger partial charge in [0.15, 0.2) is 11.9 Å². The van der Waals surface area contributed by atoms with Gasteiger partial charge in [-0.05, 0) is 50.2 Å². The lowest BCUT2D eigenvalue weighted by Gasteiger charge is -2.14. The maximum atomic E-state index is 12.2. The maximum absolute atomic E-state index is 12.2. The number of para-hydroxylation sites is 2. The Morgan fingerprint density at radius 1 is 1.11 bits per heavy atom. The number of rotatable bonds is 5. The molecule has 2 heterocycles. The number of nitrogens with one attached hydrogen (secondary N) is 1. The SMILES string of the molecule is Cc1cc(NC(=O)[C@@H](C)Oc2ccc(-c3cnc4ccccc4n3)cc2)no1. The Bertz CT molecular complexity index is 1120. The van der Waals surface area contributed by atoms with Gasteiger partial charge in [0.2, 0.25) is 0 Å². The fraction of sp³-hybridized carbons (Fsp3) is 0.143. The van der Waals surface area contributed by atoms with E-state index in [2.05, 4.69) is 20.4 Å². The van der Waals surface area contributed by atoms with Crippen molar-refractivity contribution < 1.29 is 14.1 Å². The molecule has 4 aromatic rings. The zero-order chi connectivity index (χ0) is 19.5. The number of anilines is 1. The molecule has 28 heavy (non-hydrogen) atoms. The lowest BCUT2D eigenvalue weighted by molar-refractivity contribution is -0.122. The van der Waals surface area contributed by atoms with Gasteiger partial charge < -0.3 is 14.6 Å². The van der Waals surface area contributed by atoms with Crippen molar-refractivity contribution in [1.29, 1.82) is 0 Å². The van der Waals surface area contributed by atoms with Crippen LogP contribution in [-0.4, -0.2) is 27.1 Å². The zero-order valence-electron chi connectivity index (χ0n) is 15.4. The fourth-order valence-electron chi connectivity index (χ4n) is 2.71. The quantitative estimate of drug-likeness (QED) is 0.568. The number of amides is 1. The third-order valence-corrected chi connectivity index (χ3v) is 4.16. The van der Waals surface area contributed by atoms with Gasteiger partial charge in [0.25, 0.3) is 5.91 Å². The molecule has 7 heteroatoms. The molecule has 0 spiro atoms. The van der Waals surface area contributed by atoms with Gasteiger partial charge in [0.1, 0.15) is 11.5 Å². The van der Waals surface area contributed by atoms with E-state index in [1.165, 1.54) is 0 Å².